The van der Waals surface area contributed by atoms with Crippen molar-refractivity contribution < 1.29 is 37.7 Å². The van der Waals surface area contributed by atoms with Gasteiger partial charge in [-0.2, -0.15) is 0 Å². The van der Waals surface area contributed by atoms with E-state index in [0.717, 1.165) is 18.4 Å². The third-order valence-electron chi connectivity index (χ3n) is 5.56. The van der Waals surface area contributed by atoms with Crippen molar-refractivity contribution in [2.45, 2.75) is 51.2 Å². The number of aromatic carboxylic acids is 1. The van der Waals surface area contributed by atoms with Gasteiger partial charge in [0.2, 0.25) is 5.91 Å². The van der Waals surface area contributed by atoms with E-state index in [0.29, 0.717) is 5.56 Å². The number of benzene rings is 2. The zero-order valence-electron chi connectivity index (χ0n) is 17.6. The molecule has 2 aliphatic rings. The van der Waals surface area contributed by atoms with Gasteiger partial charge in [-0.25, -0.2) is 4.79 Å². The molecule has 1 heterocycles. The van der Waals surface area contributed by atoms with Crippen LogP contribution in [0.2, 0.25) is 0 Å². The minimum absolute atomic E-state index is 0.0266. The molecular formula is C23H23F2NO6. The van der Waals surface area contributed by atoms with Gasteiger partial charge in [0.1, 0.15) is 6.10 Å². The second kappa shape index (κ2) is 8.05. The predicted molar refractivity (Wildman–Crippen MR) is 109 cm³/mol. The van der Waals surface area contributed by atoms with Crippen molar-refractivity contribution in [1.29, 1.82) is 0 Å². The molecule has 0 bridgehead atoms. The Morgan fingerprint density at radius 1 is 1.09 bits per heavy atom. The Balaban J connectivity index is 1.41. The van der Waals surface area contributed by atoms with E-state index in [2.05, 4.69) is 14.8 Å². The van der Waals surface area contributed by atoms with Crippen LogP contribution in [0.25, 0.3) is 0 Å². The molecule has 0 radical (unpaired) electrons. The van der Waals surface area contributed by atoms with E-state index in [1.807, 2.05) is 13.8 Å². The van der Waals surface area contributed by atoms with Crippen LogP contribution in [0.4, 0.5) is 8.78 Å². The summed E-state index contributed by atoms with van der Waals surface area (Å²) in [6.45, 7) is 3.73. The highest BCUT2D eigenvalue weighted by Gasteiger charge is 2.47. The lowest BCUT2D eigenvalue weighted by Crippen LogP contribution is -2.44. The molecule has 170 valence electrons. The van der Waals surface area contributed by atoms with Crippen LogP contribution in [0.15, 0.2) is 42.5 Å². The first kappa shape index (κ1) is 22.0. The molecule has 1 fully saturated rings. The van der Waals surface area contributed by atoms with Gasteiger partial charge >= 0.3 is 12.3 Å². The molecule has 1 aliphatic carbocycles. The summed E-state index contributed by atoms with van der Waals surface area (Å²) in [5.74, 6) is -1.57. The van der Waals surface area contributed by atoms with Gasteiger partial charge in [-0.15, -0.1) is 8.78 Å². The third kappa shape index (κ3) is 4.52. The first-order chi connectivity index (χ1) is 15.1. The van der Waals surface area contributed by atoms with E-state index in [-0.39, 0.29) is 35.5 Å². The smallest absolute Gasteiger partial charge is 0.478 e. The number of carboxylic acids is 1. The lowest BCUT2D eigenvalue weighted by molar-refractivity contribution is -0.286. The molecule has 1 saturated carbocycles. The second-order valence-electron chi connectivity index (χ2n) is 8.38. The molecule has 2 aromatic carbocycles. The Labute approximate surface area is 183 Å². The minimum atomic E-state index is -3.69. The van der Waals surface area contributed by atoms with Crippen LogP contribution in [-0.4, -0.2) is 29.4 Å². The van der Waals surface area contributed by atoms with Crippen molar-refractivity contribution in [1.82, 2.24) is 5.32 Å². The molecule has 0 aromatic heterocycles. The monoisotopic (exact) mass is 447 g/mol. The highest BCUT2D eigenvalue weighted by molar-refractivity contribution is 5.87. The zero-order valence-corrected chi connectivity index (χ0v) is 17.6. The summed E-state index contributed by atoms with van der Waals surface area (Å²) in [6.07, 6.45) is -2.97. The van der Waals surface area contributed by atoms with Crippen LogP contribution in [0.5, 0.6) is 11.5 Å². The predicted octanol–water partition coefficient (Wildman–Crippen LogP) is 4.05. The largest absolute Gasteiger partial charge is 0.586 e. The van der Waals surface area contributed by atoms with E-state index in [1.54, 1.807) is 18.2 Å². The molecule has 4 rings (SSSR count). The molecule has 1 amide bonds. The number of hydrogen-bond donors (Lipinski definition) is 2. The summed E-state index contributed by atoms with van der Waals surface area (Å²) in [5.41, 5.74) is 1.05. The van der Waals surface area contributed by atoms with E-state index in [4.69, 9.17) is 9.84 Å². The van der Waals surface area contributed by atoms with Crippen molar-refractivity contribution in [3.63, 3.8) is 0 Å². The maximum absolute atomic E-state index is 13.2. The molecule has 0 unspecified atom stereocenters. The number of carbonyl (C=O) groups excluding carboxylic acids is 1. The van der Waals surface area contributed by atoms with Crippen LogP contribution in [0.1, 0.15) is 48.2 Å². The van der Waals surface area contributed by atoms with E-state index >= 15 is 0 Å². The molecule has 32 heavy (non-hydrogen) atoms. The van der Waals surface area contributed by atoms with E-state index in [1.165, 1.54) is 24.3 Å². The molecule has 9 heteroatoms. The van der Waals surface area contributed by atoms with Gasteiger partial charge in [-0.1, -0.05) is 32.0 Å². The van der Waals surface area contributed by atoms with Crippen molar-refractivity contribution in [3.05, 3.63) is 59.2 Å². The SMILES string of the molecule is CC(C)[C@@H](OCc1ccc2c(c1)OC(F)(F)O2)C(=O)NC1(c2ccc(C(=O)O)cc2)CC1. The Morgan fingerprint density at radius 3 is 2.34 bits per heavy atom. The Hall–Kier alpha value is -3.20. The number of ether oxygens (including phenoxy) is 3. The summed E-state index contributed by atoms with van der Waals surface area (Å²) in [5, 5.41) is 12.1. The number of halogens is 2. The molecule has 0 spiro atoms. The van der Waals surface area contributed by atoms with Gasteiger partial charge in [0.15, 0.2) is 11.5 Å². The van der Waals surface area contributed by atoms with Crippen molar-refractivity contribution in [3.8, 4) is 11.5 Å². The average molecular weight is 447 g/mol. The number of hydrogen-bond acceptors (Lipinski definition) is 5. The molecule has 2 N–H and O–H groups in total. The van der Waals surface area contributed by atoms with Crippen LogP contribution in [0.3, 0.4) is 0 Å². The molecule has 1 aliphatic heterocycles. The number of nitrogens with one attached hydrogen (secondary N) is 1. The summed E-state index contributed by atoms with van der Waals surface area (Å²) < 4.78 is 41.1. The molecule has 0 saturated heterocycles. The van der Waals surface area contributed by atoms with E-state index in [9.17, 15) is 18.4 Å². The normalized spacial score (nSPS) is 18.3. The molecular weight excluding hydrogens is 424 g/mol. The van der Waals surface area contributed by atoms with Gasteiger partial charge in [-0.05, 0) is 54.2 Å². The van der Waals surface area contributed by atoms with Gasteiger partial charge in [0.25, 0.3) is 0 Å². The van der Waals surface area contributed by atoms with Gasteiger partial charge in [0, 0.05) is 0 Å². The van der Waals surface area contributed by atoms with Crippen molar-refractivity contribution in [2.75, 3.05) is 0 Å². The fraction of sp³-hybridized carbons (Fsp3) is 0.391. The average Bonchev–Trinajstić information content (AvgIpc) is 3.42. The minimum Gasteiger partial charge on any atom is -0.478 e. The number of alkyl halides is 2. The standard InChI is InChI=1S/C23H23F2NO6/c1-13(2)19(30-12-14-3-8-17-18(11-14)32-23(24,25)31-17)20(27)26-22(9-10-22)16-6-4-15(5-7-16)21(28)29/h3-8,11,13,19H,9-10,12H2,1-2H3,(H,26,27)(H,28,29)/t19-/m1/s1. The number of fused-ring (bicyclic) bond motifs is 1. The first-order valence-electron chi connectivity index (χ1n) is 10.2. The van der Waals surface area contributed by atoms with Gasteiger partial charge in [0.05, 0.1) is 17.7 Å². The van der Waals surface area contributed by atoms with Crippen LogP contribution in [-0.2, 0) is 21.7 Å². The van der Waals surface area contributed by atoms with E-state index < -0.39 is 23.9 Å². The zero-order chi connectivity index (χ0) is 23.1. The topological polar surface area (TPSA) is 94.1 Å². The second-order valence-corrected chi connectivity index (χ2v) is 8.38. The maximum atomic E-state index is 13.2. The Morgan fingerprint density at radius 2 is 1.75 bits per heavy atom. The van der Waals surface area contributed by atoms with Crippen LogP contribution in [0, 0.1) is 5.92 Å². The molecule has 7 nitrogen and oxygen atoms in total. The number of carbonyl (C=O) groups is 2. The first-order valence-corrected chi connectivity index (χ1v) is 10.2. The highest BCUT2D eigenvalue weighted by atomic mass is 19.3. The van der Waals surface area contributed by atoms with Crippen molar-refractivity contribution in [2.24, 2.45) is 5.92 Å². The summed E-state index contributed by atoms with van der Waals surface area (Å²) in [6, 6.07) is 10.8. The number of amides is 1. The van der Waals surface area contributed by atoms with Crippen LogP contribution >= 0.6 is 0 Å². The van der Waals surface area contributed by atoms with Gasteiger partial charge in [-0.3, -0.25) is 4.79 Å². The molecule has 2 aromatic rings. The summed E-state index contributed by atoms with van der Waals surface area (Å²) in [4.78, 5) is 24.1. The Kier molecular flexibility index (Phi) is 5.54. The quantitative estimate of drug-likeness (QED) is 0.634. The maximum Gasteiger partial charge on any atom is 0.586 e. The highest BCUT2D eigenvalue weighted by Crippen LogP contribution is 2.46. The lowest BCUT2D eigenvalue weighted by atomic mass is 10.0. The molecule has 1 atom stereocenters. The van der Waals surface area contributed by atoms with Crippen molar-refractivity contribution >= 4 is 11.9 Å². The lowest BCUT2D eigenvalue weighted by Gasteiger charge is -2.25. The third-order valence-corrected chi connectivity index (χ3v) is 5.56. The van der Waals surface area contributed by atoms with Gasteiger partial charge < -0.3 is 24.6 Å². The number of rotatable bonds is 8. The summed E-state index contributed by atoms with van der Waals surface area (Å²) in [7, 11) is 0. The fourth-order valence-electron chi connectivity index (χ4n) is 3.69. The Bertz CT molecular complexity index is 1030. The number of carboxylic acid groups (broad SMARTS) is 1. The summed E-state index contributed by atoms with van der Waals surface area (Å²) >= 11 is 0. The fourth-order valence-corrected chi connectivity index (χ4v) is 3.69. The van der Waals surface area contributed by atoms with Crippen LogP contribution < -0.4 is 14.8 Å².